The van der Waals surface area contributed by atoms with Gasteiger partial charge in [-0.15, -0.1) is 0 Å². The Labute approximate surface area is 163 Å². The van der Waals surface area contributed by atoms with Crippen LogP contribution in [0, 0.1) is 5.92 Å². The van der Waals surface area contributed by atoms with E-state index in [2.05, 4.69) is 4.98 Å². The van der Waals surface area contributed by atoms with Crippen LogP contribution in [0.2, 0.25) is 0 Å². The number of benzene rings is 2. The first kappa shape index (κ1) is 18.4. The molecule has 0 spiro atoms. The van der Waals surface area contributed by atoms with Crippen molar-refractivity contribution in [2.45, 2.75) is 19.4 Å². The average Bonchev–Trinajstić information content (AvgIpc) is 3.16. The van der Waals surface area contributed by atoms with Crippen LogP contribution >= 0.6 is 0 Å². The molecule has 1 unspecified atom stereocenters. The van der Waals surface area contributed by atoms with Crippen LogP contribution in [-0.4, -0.2) is 50.9 Å². The maximum atomic E-state index is 13.0. The highest BCUT2D eigenvalue weighted by Gasteiger charge is 2.29. The number of aromatic nitrogens is 2. The molecule has 6 nitrogen and oxygen atoms in total. The maximum Gasteiger partial charge on any atom is 0.253 e. The summed E-state index contributed by atoms with van der Waals surface area (Å²) in [6, 6.07) is 14.7. The molecular weight excluding hydrogens is 354 g/mol. The van der Waals surface area contributed by atoms with E-state index in [9.17, 15) is 9.59 Å². The van der Waals surface area contributed by atoms with Gasteiger partial charge in [0.1, 0.15) is 0 Å². The van der Waals surface area contributed by atoms with Crippen molar-refractivity contribution in [1.82, 2.24) is 14.5 Å². The van der Waals surface area contributed by atoms with Crippen LogP contribution in [0.5, 0.6) is 0 Å². The lowest BCUT2D eigenvalue weighted by atomic mass is 9.89. The molecule has 0 radical (unpaired) electrons. The molecule has 1 N–H and O–H groups in total. The smallest absolute Gasteiger partial charge is 0.253 e. The summed E-state index contributed by atoms with van der Waals surface area (Å²) in [7, 11) is 0. The van der Waals surface area contributed by atoms with Crippen LogP contribution in [0.3, 0.4) is 0 Å². The van der Waals surface area contributed by atoms with Gasteiger partial charge in [-0.3, -0.25) is 9.59 Å². The molecule has 0 aliphatic carbocycles. The molecule has 2 aromatic carbocycles. The van der Waals surface area contributed by atoms with Crippen molar-refractivity contribution >= 4 is 22.7 Å². The lowest BCUT2D eigenvalue weighted by Gasteiger charge is -2.32. The summed E-state index contributed by atoms with van der Waals surface area (Å²) in [5.74, 6) is -0.118. The van der Waals surface area contributed by atoms with Crippen molar-refractivity contribution in [3.05, 3.63) is 66.0 Å². The van der Waals surface area contributed by atoms with E-state index in [1.807, 2.05) is 41.0 Å². The monoisotopic (exact) mass is 377 g/mol. The number of likely N-dealkylation sites (tertiary alicyclic amines) is 1. The highest BCUT2D eigenvalue weighted by atomic mass is 16.3. The molecular formula is C22H23N3O3. The lowest BCUT2D eigenvalue weighted by Crippen LogP contribution is -2.42. The Kier molecular flexibility index (Phi) is 5.21. The number of hydrogen-bond donors (Lipinski definition) is 1. The Morgan fingerprint density at radius 2 is 1.93 bits per heavy atom. The van der Waals surface area contributed by atoms with Crippen LogP contribution in [0.1, 0.15) is 33.6 Å². The maximum absolute atomic E-state index is 13.0. The Hall–Kier alpha value is -2.99. The predicted octanol–water partition coefficient (Wildman–Crippen LogP) is 2.76. The Morgan fingerprint density at radius 1 is 1.11 bits per heavy atom. The van der Waals surface area contributed by atoms with Gasteiger partial charge in [0.25, 0.3) is 5.91 Å². The zero-order valence-electron chi connectivity index (χ0n) is 15.6. The molecule has 4 rings (SSSR count). The summed E-state index contributed by atoms with van der Waals surface area (Å²) >= 11 is 0. The minimum absolute atomic E-state index is 0.0384. The van der Waals surface area contributed by atoms with Crippen molar-refractivity contribution < 1.29 is 14.7 Å². The molecule has 1 atom stereocenters. The number of carbonyl (C=O) groups excluding carboxylic acids is 2. The van der Waals surface area contributed by atoms with Gasteiger partial charge in [-0.2, -0.15) is 0 Å². The molecule has 1 amide bonds. The van der Waals surface area contributed by atoms with Crippen molar-refractivity contribution in [1.29, 1.82) is 0 Å². The van der Waals surface area contributed by atoms with Gasteiger partial charge >= 0.3 is 0 Å². The number of imidazole rings is 1. The van der Waals surface area contributed by atoms with E-state index in [0.29, 0.717) is 30.8 Å². The third-order valence-corrected chi connectivity index (χ3v) is 5.35. The molecule has 1 aliphatic heterocycles. The second-order valence-corrected chi connectivity index (χ2v) is 7.19. The normalized spacial score (nSPS) is 17.0. The Bertz CT molecular complexity index is 997. The minimum Gasteiger partial charge on any atom is -0.395 e. The molecule has 1 aliphatic rings. The average molecular weight is 377 g/mol. The number of fused-ring (bicyclic) bond motifs is 1. The largest absolute Gasteiger partial charge is 0.395 e. The topological polar surface area (TPSA) is 75.4 Å². The van der Waals surface area contributed by atoms with E-state index in [0.717, 1.165) is 23.9 Å². The summed E-state index contributed by atoms with van der Waals surface area (Å²) < 4.78 is 1.86. The summed E-state index contributed by atoms with van der Waals surface area (Å²) in [4.78, 5) is 31.9. The van der Waals surface area contributed by atoms with Crippen LogP contribution < -0.4 is 0 Å². The number of ketones is 1. The fourth-order valence-corrected chi connectivity index (χ4v) is 3.88. The zero-order valence-corrected chi connectivity index (χ0v) is 15.6. The van der Waals surface area contributed by atoms with E-state index in [-0.39, 0.29) is 24.2 Å². The van der Waals surface area contributed by atoms with Crippen molar-refractivity contribution in [3.63, 3.8) is 0 Å². The van der Waals surface area contributed by atoms with Gasteiger partial charge in [0, 0.05) is 36.7 Å². The highest BCUT2D eigenvalue weighted by Crippen LogP contribution is 2.23. The summed E-state index contributed by atoms with van der Waals surface area (Å²) in [6.45, 7) is 1.62. The molecule has 3 aromatic rings. The summed E-state index contributed by atoms with van der Waals surface area (Å²) in [5, 5.41) is 9.13. The van der Waals surface area contributed by atoms with Crippen LogP contribution in [0.4, 0.5) is 0 Å². The van der Waals surface area contributed by atoms with Crippen LogP contribution in [0.25, 0.3) is 11.0 Å². The molecule has 6 heteroatoms. The minimum atomic E-state index is -0.160. The van der Waals surface area contributed by atoms with Crippen LogP contribution in [-0.2, 0) is 6.54 Å². The van der Waals surface area contributed by atoms with Gasteiger partial charge in [0.05, 0.1) is 24.0 Å². The molecule has 28 heavy (non-hydrogen) atoms. The van der Waals surface area contributed by atoms with Crippen molar-refractivity contribution in [2.75, 3.05) is 19.7 Å². The number of amides is 1. The van der Waals surface area contributed by atoms with Gasteiger partial charge in [0.2, 0.25) is 0 Å². The third kappa shape index (κ3) is 3.55. The number of Topliss-reactive ketones (excluding diaryl/α,β-unsaturated/α-hetero) is 1. The first-order chi connectivity index (χ1) is 13.7. The van der Waals surface area contributed by atoms with Crippen molar-refractivity contribution in [3.8, 4) is 0 Å². The summed E-state index contributed by atoms with van der Waals surface area (Å²) in [5.41, 5.74) is 2.90. The van der Waals surface area contributed by atoms with Gasteiger partial charge in [-0.25, -0.2) is 4.98 Å². The standard InChI is InChI=1S/C22H23N3O3/c26-12-11-25-15-23-19-13-17(8-9-20(19)25)22(28)24-10-4-7-18(14-24)21(27)16-5-2-1-3-6-16/h1-3,5-6,8-9,13,15,18,26H,4,7,10-12,14H2. The first-order valence-electron chi connectivity index (χ1n) is 9.61. The molecule has 1 saturated heterocycles. The van der Waals surface area contributed by atoms with Gasteiger partial charge < -0.3 is 14.6 Å². The van der Waals surface area contributed by atoms with E-state index in [1.54, 1.807) is 23.4 Å². The molecule has 2 heterocycles. The van der Waals surface area contributed by atoms with E-state index in [4.69, 9.17) is 5.11 Å². The molecule has 144 valence electrons. The van der Waals surface area contributed by atoms with Gasteiger partial charge in [-0.05, 0) is 31.0 Å². The van der Waals surface area contributed by atoms with E-state index in [1.165, 1.54) is 0 Å². The number of carbonyl (C=O) groups is 2. The Morgan fingerprint density at radius 3 is 2.71 bits per heavy atom. The number of aliphatic hydroxyl groups excluding tert-OH is 1. The molecule has 1 fully saturated rings. The summed E-state index contributed by atoms with van der Waals surface area (Å²) in [6.07, 6.45) is 3.30. The quantitative estimate of drug-likeness (QED) is 0.694. The highest BCUT2D eigenvalue weighted by molar-refractivity contribution is 6.00. The fourth-order valence-electron chi connectivity index (χ4n) is 3.88. The molecule has 1 aromatic heterocycles. The molecule has 0 saturated carbocycles. The van der Waals surface area contributed by atoms with Crippen LogP contribution in [0.15, 0.2) is 54.9 Å². The Balaban J connectivity index is 1.51. The third-order valence-electron chi connectivity index (χ3n) is 5.35. The number of piperidine rings is 1. The van der Waals surface area contributed by atoms with Gasteiger partial charge in [0.15, 0.2) is 5.78 Å². The van der Waals surface area contributed by atoms with E-state index >= 15 is 0 Å². The van der Waals surface area contributed by atoms with E-state index < -0.39 is 0 Å². The number of rotatable bonds is 5. The second-order valence-electron chi connectivity index (χ2n) is 7.19. The number of aliphatic hydroxyl groups is 1. The van der Waals surface area contributed by atoms with Crippen molar-refractivity contribution in [2.24, 2.45) is 5.92 Å². The number of nitrogens with zero attached hydrogens (tertiary/aromatic N) is 3. The second kappa shape index (κ2) is 7.94. The predicted molar refractivity (Wildman–Crippen MR) is 106 cm³/mol. The lowest BCUT2D eigenvalue weighted by molar-refractivity contribution is 0.0637. The SMILES string of the molecule is O=C(c1ccccc1)C1CCCN(C(=O)c2ccc3c(c2)ncn3CCO)C1. The van der Waals surface area contributed by atoms with Gasteiger partial charge in [-0.1, -0.05) is 30.3 Å². The fraction of sp³-hybridized carbons (Fsp3) is 0.318. The molecule has 0 bridgehead atoms. The first-order valence-corrected chi connectivity index (χ1v) is 9.61. The zero-order chi connectivity index (χ0) is 19.5. The number of hydrogen-bond acceptors (Lipinski definition) is 4.